The second kappa shape index (κ2) is 9.11. The third-order valence-electron chi connectivity index (χ3n) is 2.64. The van der Waals surface area contributed by atoms with Crippen molar-refractivity contribution in [2.75, 3.05) is 20.3 Å². The quantitative estimate of drug-likeness (QED) is 0.536. The monoisotopic (exact) mass is 284 g/mol. The lowest BCUT2D eigenvalue weighted by Crippen LogP contribution is -2.41. The number of furan rings is 1. The van der Waals surface area contributed by atoms with Crippen LogP contribution in [0.15, 0.2) is 22.8 Å². The third kappa shape index (κ3) is 6.35. The van der Waals surface area contributed by atoms with E-state index in [-0.39, 0.29) is 18.9 Å². The van der Waals surface area contributed by atoms with E-state index in [1.807, 2.05) is 0 Å². The predicted octanol–water partition coefficient (Wildman–Crippen LogP) is 0.365. The standard InChI is InChI=1S/C13H20N2O5/c1-19-6-3-5-14-11(13(17)18)8-12(16)15-9-10-4-2-7-20-10/h2,4,7,11,14H,3,5-6,8-9H2,1H3,(H,15,16)(H,17,18)/t11-/m0/s1. The van der Waals surface area contributed by atoms with Crippen LogP contribution in [0.3, 0.4) is 0 Å². The molecule has 112 valence electrons. The molecule has 7 heteroatoms. The number of nitrogens with one attached hydrogen (secondary N) is 2. The maximum Gasteiger partial charge on any atom is 0.321 e. The van der Waals surface area contributed by atoms with Crippen molar-refractivity contribution in [3.05, 3.63) is 24.2 Å². The first-order chi connectivity index (χ1) is 9.63. The Morgan fingerprint density at radius 3 is 2.90 bits per heavy atom. The van der Waals surface area contributed by atoms with Gasteiger partial charge in [0, 0.05) is 13.7 Å². The minimum Gasteiger partial charge on any atom is -0.480 e. The normalized spacial score (nSPS) is 12.1. The molecule has 0 saturated heterocycles. The van der Waals surface area contributed by atoms with Crippen LogP contribution in [0.25, 0.3) is 0 Å². The predicted molar refractivity (Wildman–Crippen MR) is 71.1 cm³/mol. The highest BCUT2D eigenvalue weighted by Gasteiger charge is 2.20. The Bertz CT molecular complexity index is 405. The molecule has 0 spiro atoms. The highest BCUT2D eigenvalue weighted by Crippen LogP contribution is 2.00. The van der Waals surface area contributed by atoms with E-state index >= 15 is 0 Å². The summed E-state index contributed by atoms with van der Waals surface area (Å²) in [4.78, 5) is 22.7. The number of aliphatic carboxylic acids is 1. The van der Waals surface area contributed by atoms with E-state index in [1.54, 1.807) is 19.2 Å². The molecular formula is C13H20N2O5. The molecule has 0 aliphatic carbocycles. The van der Waals surface area contributed by atoms with Crippen LogP contribution in [0.5, 0.6) is 0 Å². The minimum absolute atomic E-state index is 0.122. The van der Waals surface area contributed by atoms with Crippen LogP contribution >= 0.6 is 0 Å². The van der Waals surface area contributed by atoms with Crippen LogP contribution in [0.4, 0.5) is 0 Å². The first-order valence-corrected chi connectivity index (χ1v) is 6.37. The summed E-state index contributed by atoms with van der Waals surface area (Å²) < 4.78 is 9.94. The summed E-state index contributed by atoms with van der Waals surface area (Å²) in [6.45, 7) is 1.28. The molecule has 0 saturated carbocycles. The van der Waals surface area contributed by atoms with Gasteiger partial charge in [-0.05, 0) is 25.1 Å². The molecule has 7 nitrogen and oxygen atoms in total. The Morgan fingerprint density at radius 1 is 1.50 bits per heavy atom. The Balaban J connectivity index is 2.29. The van der Waals surface area contributed by atoms with Crippen molar-refractivity contribution in [1.82, 2.24) is 10.6 Å². The topological polar surface area (TPSA) is 101 Å². The molecule has 0 aromatic carbocycles. The van der Waals surface area contributed by atoms with Crippen LogP contribution in [-0.4, -0.2) is 43.3 Å². The van der Waals surface area contributed by atoms with Crippen LogP contribution in [0, 0.1) is 0 Å². The molecule has 0 fully saturated rings. The highest BCUT2D eigenvalue weighted by atomic mass is 16.5. The highest BCUT2D eigenvalue weighted by molar-refractivity contribution is 5.84. The van der Waals surface area contributed by atoms with Crippen molar-refractivity contribution < 1.29 is 23.8 Å². The molecular weight excluding hydrogens is 264 g/mol. The van der Waals surface area contributed by atoms with Crippen LogP contribution < -0.4 is 10.6 Å². The Hall–Kier alpha value is -1.86. The van der Waals surface area contributed by atoms with Crippen LogP contribution in [0.2, 0.25) is 0 Å². The van der Waals surface area contributed by atoms with E-state index in [2.05, 4.69) is 10.6 Å². The number of carboxylic acids is 1. The summed E-state index contributed by atoms with van der Waals surface area (Å²) in [6, 6.07) is 2.56. The maximum atomic E-state index is 11.7. The van der Waals surface area contributed by atoms with E-state index in [1.165, 1.54) is 6.26 Å². The SMILES string of the molecule is COCCCN[C@@H](CC(=O)NCc1ccco1)C(=O)O. The van der Waals surface area contributed by atoms with Crippen molar-refractivity contribution >= 4 is 11.9 Å². The molecule has 3 N–H and O–H groups in total. The van der Waals surface area contributed by atoms with Gasteiger partial charge >= 0.3 is 5.97 Å². The molecule has 20 heavy (non-hydrogen) atoms. The summed E-state index contributed by atoms with van der Waals surface area (Å²) in [7, 11) is 1.58. The average Bonchev–Trinajstić information content (AvgIpc) is 2.93. The van der Waals surface area contributed by atoms with Gasteiger partial charge in [0.2, 0.25) is 5.91 Å². The number of rotatable bonds is 10. The molecule has 1 aromatic heterocycles. The molecule has 1 rings (SSSR count). The van der Waals surface area contributed by atoms with Crippen molar-refractivity contribution in [1.29, 1.82) is 0 Å². The Morgan fingerprint density at radius 2 is 2.30 bits per heavy atom. The Kier molecular flexibility index (Phi) is 7.38. The summed E-state index contributed by atoms with van der Waals surface area (Å²) in [5, 5.41) is 14.5. The second-order valence-electron chi connectivity index (χ2n) is 4.25. The second-order valence-corrected chi connectivity index (χ2v) is 4.25. The van der Waals surface area contributed by atoms with Gasteiger partial charge in [-0.3, -0.25) is 9.59 Å². The minimum atomic E-state index is -1.05. The number of hydrogen-bond donors (Lipinski definition) is 3. The fourth-order valence-corrected chi connectivity index (χ4v) is 1.60. The number of carbonyl (C=O) groups is 2. The Labute approximate surface area is 117 Å². The van der Waals surface area contributed by atoms with Gasteiger partial charge in [-0.1, -0.05) is 0 Å². The zero-order valence-corrected chi connectivity index (χ0v) is 11.4. The third-order valence-corrected chi connectivity index (χ3v) is 2.64. The summed E-state index contributed by atoms with van der Waals surface area (Å²) in [6.07, 6.45) is 2.08. The fraction of sp³-hybridized carbons (Fsp3) is 0.538. The average molecular weight is 284 g/mol. The molecule has 1 amide bonds. The van der Waals surface area contributed by atoms with Gasteiger partial charge in [-0.2, -0.15) is 0 Å². The number of amides is 1. The number of ether oxygens (including phenoxy) is 1. The van der Waals surface area contributed by atoms with E-state index in [4.69, 9.17) is 14.3 Å². The van der Waals surface area contributed by atoms with Gasteiger partial charge in [0.25, 0.3) is 0 Å². The lowest BCUT2D eigenvalue weighted by atomic mass is 10.2. The molecule has 1 aromatic rings. The fourth-order valence-electron chi connectivity index (χ4n) is 1.60. The van der Waals surface area contributed by atoms with E-state index < -0.39 is 12.0 Å². The maximum absolute atomic E-state index is 11.7. The van der Waals surface area contributed by atoms with Gasteiger partial charge in [-0.15, -0.1) is 0 Å². The van der Waals surface area contributed by atoms with Crippen molar-refractivity contribution in [2.45, 2.75) is 25.4 Å². The first kappa shape index (κ1) is 16.2. The first-order valence-electron chi connectivity index (χ1n) is 6.37. The summed E-state index contributed by atoms with van der Waals surface area (Å²) in [5.74, 6) is -0.762. The van der Waals surface area contributed by atoms with Crippen LogP contribution in [0.1, 0.15) is 18.6 Å². The lowest BCUT2D eigenvalue weighted by molar-refractivity contribution is -0.141. The molecule has 0 bridgehead atoms. The van der Waals surface area contributed by atoms with Gasteiger partial charge in [0.1, 0.15) is 11.8 Å². The number of hydrogen-bond acceptors (Lipinski definition) is 5. The molecule has 0 aliphatic rings. The van der Waals surface area contributed by atoms with Gasteiger partial charge < -0.3 is 24.9 Å². The number of carboxylic acid groups (broad SMARTS) is 1. The van der Waals surface area contributed by atoms with Gasteiger partial charge in [0.15, 0.2) is 0 Å². The van der Waals surface area contributed by atoms with Crippen LogP contribution in [-0.2, 0) is 20.9 Å². The van der Waals surface area contributed by atoms with Crippen molar-refractivity contribution in [3.63, 3.8) is 0 Å². The van der Waals surface area contributed by atoms with E-state index in [0.717, 1.165) is 0 Å². The smallest absolute Gasteiger partial charge is 0.321 e. The van der Waals surface area contributed by atoms with Gasteiger partial charge in [-0.25, -0.2) is 0 Å². The molecule has 1 heterocycles. The van der Waals surface area contributed by atoms with Gasteiger partial charge in [0.05, 0.1) is 19.2 Å². The lowest BCUT2D eigenvalue weighted by Gasteiger charge is -2.14. The number of methoxy groups -OCH3 is 1. The van der Waals surface area contributed by atoms with Crippen molar-refractivity contribution in [2.24, 2.45) is 0 Å². The largest absolute Gasteiger partial charge is 0.480 e. The number of carbonyl (C=O) groups excluding carboxylic acids is 1. The molecule has 0 radical (unpaired) electrons. The zero-order valence-electron chi connectivity index (χ0n) is 11.4. The molecule has 1 atom stereocenters. The zero-order chi connectivity index (χ0) is 14.8. The summed E-state index contributed by atoms with van der Waals surface area (Å²) >= 11 is 0. The van der Waals surface area contributed by atoms with E-state index in [9.17, 15) is 9.59 Å². The van der Waals surface area contributed by atoms with Crippen molar-refractivity contribution in [3.8, 4) is 0 Å². The molecule has 0 aliphatic heterocycles. The molecule has 0 unspecified atom stereocenters. The van der Waals surface area contributed by atoms with E-state index in [0.29, 0.717) is 25.3 Å². The summed E-state index contributed by atoms with van der Waals surface area (Å²) in [5.41, 5.74) is 0.